The molecule has 0 aliphatic heterocycles. The lowest BCUT2D eigenvalue weighted by Gasteiger charge is -2.09. The third-order valence-corrected chi connectivity index (χ3v) is 1.84. The van der Waals surface area contributed by atoms with Crippen LogP contribution in [0, 0.1) is 5.82 Å². The highest BCUT2D eigenvalue weighted by Gasteiger charge is 2.14. The van der Waals surface area contributed by atoms with Crippen molar-refractivity contribution >= 4 is 29.0 Å². The van der Waals surface area contributed by atoms with Crippen LogP contribution < -0.4 is 11.1 Å². The second-order valence-electron chi connectivity index (χ2n) is 2.84. The average molecular weight is 244 g/mol. The molecule has 0 atom stereocenters. The molecule has 0 aromatic heterocycles. The summed E-state index contributed by atoms with van der Waals surface area (Å²) in [6, 6.07) is 2.04. The zero-order valence-corrected chi connectivity index (χ0v) is 9.10. The van der Waals surface area contributed by atoms with Crippen LogP contribution in [0.5, 0.6) is 5.75 Å². The summed E-state index contributed by atoms with van der Waals surface area (Å²) in [5.74, 6) is -2.37. The lowest BCUT2D eigenvalue weighted by Crippen LogP contribution is -2.19. The van der Waals surface area contributed by atoms with Crippen molar-refractivity contribution in [1.82, 2.24) is 0 Å². The van der Waals surface area contributed by atoms with Crippen molar-refractivity contribution in [2.75, 3.05) is 12.4 Å². The molecule has 4 N–H and O–H groups in total. The van der Waals surface area contributed by atoms with E-state index in [1.807, 2.05) is 0 Å². The Balaban J connectivity index is 3.21. The molecule has 0 bridgehead atoms. The maximum atomic E-state index is 13.2. The number of anilines is 1. The van der Waals surface area contributed by atoms with E-state index in [0.29, 0.717) is 0 Å². The first-order valence-corrected chi connectivity index (χ1v) is 4.53. The number of ether oxygens (including phenoxy) is 1. The number of nitrogens with one attached hydrogen (secondary N) is 1. The summed E-state index contributed by atoms with van der Waals surface area (Å²) in [6.45, 7) is 0. The number of rotatable bonds is 2. The molecule has 5 nitrogen and oxygen atoms in total. The summed E-state index contributed by atoms with van der Waals surface area (Å²) in [6.07, 6.45) is 0. The Hall–Kier alpha value is -1.89. The van der Waals surface area contributed by atoms with Crippen LogP contribution in [0.3, 0.4) is 0 Å². The topological polar surface area (TPSA) is 84.6 Å². The van der Waals surface area contributed by atoms with Gasteiger partial charge in [0, 0.05) is 0 Å². The van der Waals surface area contributed by atoms with E-state index < -0.39 is 17.5 Å². The second-order valence-corrected chi connectivity index (χ2v) is 3.27. The summed E-state index contributed by atoms with van der Waals surface area (Å²) in [4.78, 5) is 11.2. The zero-order chi connectivity index (χ0) is 12.3. The Morgan fingerprint density at radius 2 is 2.25 bits per heavy atom. The van der Waals surface area contributed by atoms with Crippen LogP contribution in [0.25, 0.3) is 0 Å². The number of phenols is 1. The van der Waals surface area contributed by atoms with Gasteiger partial charge in [-0.15, -0.1) is 0 Å². The van der Waals surface area contributed by atoms with Gasteiger partial charge in [0.25, 0.3) is 0 Å². The van der Waals surface area contributed by atoms with Crippen molar-refractivity contribution in [3.05, 3.63) is 23.5 Å². The minimum Gasteiger partial charge on any atom is -0.503 e. The SMILES string of the molecule is COC(=O)c1cc(F)c(O)c(NC(N)=S)c1. The minimum atomic E-state index is -0.971. The van der Waals surface area contributed by atoms with Crippen LogP contribution in [-0.2, 0) is 4.74 Å². The molecular weight excluding hydrogens is 235 g/mol. The van der Waals surface area contributed by atoms with E-state index >= 15 is 0 Å². The molecule has 16 heavy (non-hydrogen) atoms. The molecule has 0 saturated carbocycles. The Bertz CT molecular complexity index is 451. The van der Waals surface area contributed by atoms with Gasteiger partial charge in [-0.05, 0) is 24.4 Å². The number of carbonyl (C=O) groups excluding carboxylic acids is 1. The molecule has 0 aliphatic rings. The first-order valence-electron chi connectivity index (χ1n) is 4.13. The van der Waals surface area contributed by atoms with Crippen LogP contribution in [0.4, 0.5) is 10.1 Å². The predicted octanol–water partition coefficient (Wildman–Crippen LogP) is 0.973. The fourth-order valence-corrected chi connectivity index (χ4v) is 1.17. The molecule has 86 valence electrons. The monoisotopic (exact) mass is 244 g/mol. The predicted molar refractivity (Wildman–Crippen MR) is 59.8 cm³/mol. The van der Waals surface area contributed by atoms with E-state index in [2.05, 4.69) is 22.3 Å². The van der Waals surface area contributed by atoms with Gasteiger partial charge in [-0.1, -0.05) is 0 Å². The molecule has 0 amide bonds. The lowest BCUT2D eigenvalue weighted by molar-refractivity contribution is 0.0600. The molecule has 0 saturated heterocycles. The van der Waals surface area contributed by atoms with Crippen LogP contribution in [0.1, 0.15) is 10.4 Å². The maximum absolute atomic E-state index is 13.2. The Morgan fingerprint density at radius 3 is 2.75 bits per heavy atom. The maximum Gasteiger partial charge on any atom is 0.338 e. The molecule has 0 fully saturated rings. The molecule has 0 aliphatic carbocycles. The van der Waals surface area contributed by atoms with Crippen LogP contribution in [0.15, 0.2) is 12.1 Å². The fraction of sp³-hybridized carbons (Fsp3) is 0.111. The third-order valence-electron chi connectivity index (χ3n) is 1.74. The standard InChI is InChI=1S/C9H9FN2O3S/c1-15-8(14)4-2-5(10)7(13)6(3-4)12-9(11)16/h2-3,13H,1H3,(H3,11,12,16). The Morgan fingerprint density at radius 1 is 1.62 bits per heavy atom. The van der Waals surface area contributed by atoms with Gasteiger partial charge in [-0.3, -0.25) is 0 Å². The number of aromatic hydroxyl groups is 1. The number of esters is 1. The number of phenolic OH excluding ortho intramolecular Hbond substituents is 1. The van der Waals surface area contributed by atoms with Gasteiger partial charge in [0.15, 0.2) is 16.7 Å². The smallest absolute Gasteiger partial charge is 0.338 e. The van der Waals surface area contributed by atoms with E-state index in [9.17, 15) is 14.3 Å². The summed E-state index contributed by atoms with van der Waals surface area (Å²) in [5, 5.41) is 11.5. The molecule has 0 radical (unpaired) electrons. The summed E-state index contributed by atoms with van der Waals surface area (Å²) >= 11 is 4.53. The number of benzene rings is 1. The summed E-state index contributed by atoms with van der Waals surface area (Å²) < 4.78 is 17.6. The van der Waals surface area contributed by atoms with Gasteiger partial charge in [0.05, 0.1) is 18.4 Å². The molecule has 7 heteroatoms. The van der Waals surface area contributed by atoms with Crippen molar-refractivity contribution < 1.29 is 19.0 Å². The largest absolute Gasteiger partial charge is 0.503 e. The number of hydrogen-bond acceptors (Lipinski definition) is 4. The minimum absolute atomic E-state index is 0.0587. The van der Waals surface area contributed by atoms with Gasteiger partial charge < -0.3 is 20.9 Å². The first kappa shape index (κ1) is 12.2. The Labute approximate surface area is 96.0 Å². The van der Waals surface area contributed by atoms with Crippen molar-refractivity contribution in [2.24, 2.45) is 5.73 Å². The summed E-state index contributed by atoms with van der Waals surface area (Å²) in [5.41, 5.74) is 5.02. The number of halogens is 1. The quantitative estimate of drug-likeness (QED) is 0.408. The normalized spacial score (nSPS) is 9.62. The number of thiocarbonyl (C=S) groups is 1. The third kappa shape index (κ3) is 2.57. The molecular formula is C9H9FN2O3S. The number of nitrogens with two attached hydrogens (primary N) is 1. The van der Waals surface area contributed by atoms with Gasteiger partial charge in [0.2, 0.25) is 0 Å². The highest BCUT2D eigenvalue weighted by Crippen LogP contribution is 2.28. The van der Waals surface area contributed by atoms with Crippen molar-refractivity contribution in [3.8, 4) is 5.75 Å². The van der Waals surface area contributed by atoms with E-state index in [1.165, 1.54) is 6.07 Å². The highest BCUT2D eigenvalue weighted by atomic mass is 32.1. The summed E-state index contributed by atoms with van der Waals surface area (Å²) in [7, 11) is 1.16. The van der Waals surface area contributed by atoms with E-state index in [0.717, 1.165) is 13.2 Å². The van der Waals surface area contributed by atoms with Gasteiger partial charge in [0.1, 0.15) is 0 Å². The van der Waals surface area contributed by atoms with Gasteiger partial charge in [-0.2, -0.15) is 0 Å². The average Bonchev–Trinajstić information content (AvgIpc) is 2.22. The Kier molecular flexibility index (Phi) is 3.62. The van der Waals surface area contributed by atoms with Crippen LogP contribution in [-0.4, -0.2) is 23.3 Å². The number of carbonyl (C=O) groups is 1. The highest BCUT2D eigenvalue weighted by molar-refractivity contribution is 7.80. The van der Waals surface area contributed by atoms with E-state index in [4.69, 9.17) is 5.73 Å². The van der Waals surface area contributed by atoms with Crippen LogP contribution in [0.2, 0.25) is 0 Å². The molecule has 1 aromatic rings. The fourth-order valence-electron chi connectivity index (χ4n) is 1.06. The number of methoxy groups -OCH3 is 1. The van der Waals surface area contributed by atoms with E-state index in [-0.39, 0.29) is 16.4 Å². The molecule has 1 rings (SSSR count). The van der Waals surface area contributed by atoms with E-state index in [1.54, 1.807) is 0 Å². The van der Waals surface area contributed by atoms with Crippen molar-refractivity contribution in [1.29, 1.82) is 0 Å². The molecule has 0 spiro atoms. The van der Waals surface area contributed by atoms with Crippen molar-refractivity contribution in [3.63, 3.8) is 0 Å². The number of hydrogen-bond donors (Lipinski definition) is 3. The van der Waals surface area contributed by atoms with Crippen LogP contribution >= 0.6 is 12.2 Å². The van der Waals surface area contributed by atoms with Crippen molar-refractivity contribution in [2.45, 2.75) is 0 Å². The lowest BCUT2D eigenvalue weighted by atomic mass is 10.2. The van der Waals surface area contributed by atoms with Gasteiger partial charge in [-0.25, -0.2) is 9.18 Å². The van der Waals surface area contributed by atoms with Gasteiger partial charge >= 0.3 is 5.97 Å². The zero-order valence-electron chi connectivity index (χ0n) is 8.28. The second kappa shape index (κ2) is 4.75. The molecule has 1 aromatic carbocycles. The first-order chi connectivity index (χ1) is 7.45. The molecule has 0 unspecified atom stereocenters. The molecule has 0 heterocycles.